The lowest BCUT2D eigenvalue weighted by molar-refractivity contribution is 0.491. The summed E-state index contributed by atoms with van der Waals surface area (Å²) in [5.41, 5.74) is 1.13. The lowest BCUT2D eigenvalue weighted by Gasteiger charge is -2.10. The van der Waals surface area contributed by atoms with Crippen LogP contribution in [0.5, 0.6) is 0 Å². The highest BCUT2D eigenvalue weighted by molar-refractivity contribution is 5.35. The summed E-state index contributed by atoms with van der Waals surface area (Å²) in [7, 11) is 0. The molecule has 1 aromatic heterocycles. The van der Waals surface area contributed by atoms with Crippen LogP contribution in [-0.4, -0.2) is 16.5 Å². The minimum absolute atomic E-state index is 0.868. The van der Waals surface area contributed by atoms with E-state index in [2.05, 4.69) is 28.3 Å². The summed E-state index contributed by atoms with van der Waals surface area (Å²) in [6.45, 7) is 5.13. The Balaban J connectivity index is 1.73. The van der Waals surface area contributed by atoms with Crippen molar-refractivity contribution >= 4 is 5.82 Å². The average Bonchev–Trinajstić information content (AvgIpc) is 2.87. The van der Waals surface area contributed by atoms with Crippen molar-refractivity contribution in [2.75, 3.05) is 11.9 Å². The third-order valence-corrected chi connectivity index (χ3v) is 3.82. The summed E-state index contributed by atoms with van der Waals surface area (Å²) in [6, 6.07) is 2.07. The van der Waals surface area contributed by atoms with Gasteiger partial charge in [0.25, 0.3) is 0 Å². The summed E-state index contributed by atoms with van der Waals surface area (Å²) >= 11 is 0. The second-order valence-corrected chi connectivity index (χ2v) is 5.36. The van der Waals surface area contributed by atoms with Crippen molar-refractivity contribution < 1.29 is 0 Å². The van der Waals surface area contributed by atoms with Gasteiger partial charge < -0.3 is 5.32 Å². The first-order valence-electron chi connectivity index (χ1n) is 7.36. The van der Waals surface area contributed by atoms with Crippen LogP contribution in [-0.2, 0) is 6.42 Å². The van der Waals surface area contributed by atoms with Gasteiger partial charge in [-0.15, -0.1) is 0 Å². The van der Waals surface area contributed by atoms with E-state index in [0.29, 0.717) is 0 Å². The summed E-state index contributed by atoms with van der Waals surface area (Å²) in [4.78, 5) is 8.82. The van der Waals surface area contributed by atoms with Crippen molar-refractivity contribution in [3.63, 3.8) is 0 Å². The first kappa shape index (κ1) is 13.3. The van der Waals surface area contributed by atoms with Gasteiger partial charge in [0.1, 0.15) is 11.6 Å². The molecule has 0 radical (unpaired) electrons. The molecule has 1 N–H and O–H groups in total. The lowest BCUT2D eigenvalue weighted by atomic mass is 10.0. The maximum absolute atomic E-state index is 4.43. The normalized spacial score (nSPS) is 16.1. The van der Waals surface area contributed by atoms with Crippen LogP contribution < -0.4 is 5.32 Å². The van der Waals surface area contributed by atoms with E-state index in [1.807, 2.05) is 6.92 Å². The third kappa shape index (κ3) is 3.97. The second kappa shape index (κ2) is 6.72. The Kier molecular flexibility index (Phi) is 4.97. The van der Waals surface area contributed by atoms with Gasteiger partial charge in [-0.3, -0.25) is 0 Å². The lowest BCUT2D eigenvalue weighted by Crippen LogP contribution is -2.07. The van der Waals surface area contributed by atoms with Gasteiger partial charge in [0.2, 0.25) is 0 Å². The number of aryl methyl sites for hydroxylation is 2. The Morgan fingerprint density at radius 2 is 2.06 bits per heavy atom. The monoisotopic (exact) mass is 247 g/mol. The molecule has 3 heteroatoms. The van der Waals surface area contributed by atoms with Crippen LogP contribution in [0.25, 0.3) is 0 Å². The molecule has 0 amide bonds. The van der Waals surface area contributed by atoms with Gasteiger partial charge in [0.05, 0.1) is 0 Å². The maximum atomic E-state index is 4.43. The molecule has 0 aromatic carbocycles. The van der Waals surface area contributed by atoms with Crippen molar-refractivity contribution in [3.05, 3.63) is 17.6 Å². The summed E-state index contributed by atoms with van der Waals surface area (Å²) in [6.07, 6.45) is 9.40. The Morgan fingerprint density at radius 3 is 2.78 bits per heavy atom. The van der Waals surface area contributed by atoms with Gasteiger partial charge in [-0.25, -0.2) is 9.97 Å². The summed E-state index contributed by atoms with van der Waals surface area (Å²) < 4.78 is 0. The number of anilines is 1. The van der Waals surface area contributed by atoms with Crippen molar-refractivity contribution in [1.29, 1.82) is 0 Å². The van der Waals surface area contributed by atoms with E-state index in [-0.39, 0.29) is 0 Å². The number of hydrogen-bond acceptors (Lipinski definition) is 3. The van der Waals surface area contributed by atoms with E-state index in [0.717, 1.165) is 36.2 Å². The Labute approximate surface area is 110 Å². The number of hydrogen-bond donors (Lipinski definition) is 1. The molecule has 1 heterocycles. The molecule has 1 aromatic rings. The predicted octanol–water partition coefficient (Wildman–Crippen LogP) is 3.73. The molecule has 0 saturated heterocycles. The van der Waals surface area contributed by atoms with Gasteiger partial charge in [-0.05, 0) is 32.1 Å². The molecule has 1 saturated carbocycles. The number of aromatic nitrogens is 2. The van der Waals surface area contributed by atoms with Gasteiger partial charge in [0.15, 0.2) is 0 Å². The maximum Gasteiger partial charge on any atom is 0.129 e. The van der Waals surface area contributed by atoms with E-state index < -0.39 is 0 Å². The highest BCUT2D eigenvalue weighted by atomic mass is 15.0. The van der Waals surface area contributed by atoms with Crippen LogP contribution in [0.2, 0.25) is 0 Å². The zero-order valence-corrected chi connectivity index (χ0v) is 11.7. The fourth-order valence-corrected chi connectivity index (χ4v) is 2.81. The molecule has 100 valence electrons. The van der Waals surface area contributed by atoms with Crippen LogP contribution in [0, 0.1) is 12.8 Å². The van der Waals surface area contributed by atoms with E-state index in [1.54, 1.807) is 0 Å². The smallest absolute Gasteiger partial charge is 0.129 e. The number of nitrogens with zero attached hydrogens (tertiary/aromatic N) is 2. The van der Waals surface area contributed by atoms with Gasteiger partial charge >= 0.3 is 0 Å². The van der Waals surface area contributed by atoms with Gasteiger partial charge in [-0.1, -0.05) is 32.6 Å². The Hall–Kier alpha value is -1.12. The zero-order chi connectivity index (χ0) is 12.8. The zero-order valence-electron chi connectivity index (χ0n) is 11.7. The molecule has 0 spiro atoms. The average molecular weight is 247 g/mol. The van der Waals surface area contributed by atoms with Crippen LogP contribution in [0.15, 0.2) is 6.07 Å². The van der Waals surface area contributed by atoms with E-state index in [1.165, 1.54) is 38.5 Å². The molecular weight excluding hydrogens is 222 g/mol. The minimum Gasteiger partial charge on any atom is -0.370 e. The van der Waals surface area contributed by atoms with Crippen LogP contribution in [0.3, 0.4) is 0 Å². The van der Waals surface area contributed by atoms with Crippen molar-refractivity contribution in [2.24, 2.45) is 5.92 Å². The second-order valence-electron chi connectivity index (χ2n) is 5.36. The fraction of sp³-hybridized carbons (Fsp3) is 0.733. The predicted molar refractivity (Wildman–Crippen MR) is 75.8 cm³/mol. The number of nitrogens with one attached hydrogen (secondary N) is 1. The van der Waals surface area contributed by atoms with Crippen LogP contribution in [0.4, 0.5) is 5.82 Å². The van der Waals surface area contributed by atoms with Crippen molar-refractivity contribution in [2.45, 2.75) is 58.8 Å². The molecule has 0 bridgehead atoms. The van der Waals surface area contributed by atoms with Crippen molar-refractivity contribution in [3.8, 4) is 0 Å². The van der Waals surface area contributed by atoms with Crippen LogP contribution >= 0.6 is 0 Å². The van der Waals surface area contributed by atoms with E-state index in [9.17, 15) is 0 Å². The largest absolute Gasteiger partial charge is 0.370 e. The molecule has 0 aliphatic heterocycles. The summed E-state index contributed by atoms with van der Waals surface area (Å²) in [5.74, 6) is 2.85. The highest BCUT2D eigenvalue weighted by Crippen LogP contribution is 2.28. The SMILES string of the molecule is CCc1cc(NCCCC2CCCC2)nc(C)n1. The molecular formula is C15H25N3. The number of rotatable bonds is 6. The highest BCUT2D eigenvalue weighted by Gasteiger charge is 2.13. The van der Waals surface area contributed by atoms with E-state index >= 15 is 0 Å². The first-order valence-corrected chi connectivity index (χ1v) is 7.36. The molecule has 0 unspecified atom stereocenters. The topological polar surface area (TPSA) is 37.8 Å². The van der Waals surface area contributed by atoms with Crippen LogP contribution in [0.1, 0.15) is 57.0 Å². The molecule has 0 atom stereocenters. The molecule has 1 aliphatic rings. The standard InChI is InChI=1S/C15H25N3/c1-3-14-11-15(18-12(2)17-14)16-10-6-9-13-7-4-5-8-13/h11,13H,3-10H2,1-2H3,(H,16,17,18). The molecule has 18 heavy (non-hydrogen) atoms. The molecule has 3 nitrogen and oxygen atoms in total. The Morgan fingerprint density at radius 1 is 1.28 bits per heavy atom. The molecule has 2 rings (SSSR count). The van der Waals surface area contributed by atoms with Gasteiger partial charge in [0, 0.05) is 18.3 Å². The third-order valence-electron chi connectivity index (χ3n) is 3.82. The fourth-order valence-electron chi connectivity index (χ4n) is 2.81. The minimum atomic E-state index is 0.868. The van der Waals surface area contributed by atoms with Crippen molar-refractivity contribution in [1.82, 2.24) is 9.97 Å². The first-order chi connectivity index (χ1) is 8.78. The molecule has 1 aliphatic carbocycles. The molecule has 1 fully saturated rings. The summed E-state index contributed by atoms with van der Waals surface area (Å²) in [5, 5.41) is 3.43. The van der Waals surface area contributed by atoms with E-state index in [4.69, 9.17) is 0 Å². The van der Waals surface area contributed by atoms with Gasteiger partial charge in [-0.2, -0.15) is 0 Å². The quantitative estimate of drug-likeness (QED) is 0.778. The Bertz CT molecular complexity index is 370.